The van der Waals surface area contributed by atoms with Crippen LogP contribution in [0.4, 0.5) is 0 Å². The summed E-state index contributed by atoms with van der Waals surface area (Å²) in [6, 6.07) is 0. The van der Waals surface area contributed by atoms with Crippen molar-refractivity contribution >= 4 is 5.97 Å². The highest BCUT2D eigenvalue weighted by atomic mass is 16.5. The molecule has 0 fully saturated rings. The molecule has 0 amide bonds. The molecule has 33 heavy (non-hydrogen) atoms. The standard InChI is InChI=1S/C29H59NO3/c1-3-5-7-9-12-16-22-28(23-17-13-10-8-6-4-2)33-29(32)24-18-14-11-15-19-25-30-26-20-21-27-31/h28,30-31H,3-27H2,1-2H3. The molecule has 0 heterocycles. The van der Waals surface area contributed by atoms with Crippen molar-refractivity contribution in [2.75, 3.05) is 19.7 Å². The predicted molar refractivity (Wildman–Crippen MR) is 143 cm³/mol. The Morgan fingerprint density at radius 1 is 0.636 bits per heavy atom. The van der Waals surface area contributed by atoms with E-state index in [1.165, 1.54) is 96.3 Å². The first-order chi connectivity index (χ1) is 16.2. The molecule has 0 saturated carbocycles. The molecule has 0 bridgehead atoms. The molecule has 2 N–H and O–H groups in total. The first kappa shape index (κ1) is 32.4. The molecular formula is C29H59NO3. The lowest BCUT2D eigenvalue weighted by Gasteiger charge is -2.18. The average molecular weight is 470 g/mol. The third-order valence-electron chi connectivity index (χ3n) is 6.55. The van der Waals surface area contributed by atoms with E-state index in [1.807, 2.05) is 0 Å². The van der Waals surface area contributed by atoms with Gasteiger partial charge in [0.15, 0.2) is 0 Å². The number of carbonyl (C=O) groups excluding carboxylic acids is 1. The van der Waals surface area contributed by atoms with Gasteiger partial charge in [-0.15, -0.1) is 0 Å². The second-order valence-corrected chi connectivity index (χ2v) is 9.92. The van der Waals surface area contributed by atoms with Crippen molar-refractivity contribution in [3.63, 3.8) is 0 Å². The Hall–Kier alpha value is -0.610. The molecule has 0 aromatic heterocycles. The molecule has 0 aromatic rings. The summed E-state index contributed by atoms with van der Waals surface area (Å²) in [5.74, 6) is 0.0301. The zero-order valence-electron chi connectivity index (χ0n) is 22.5. The number of ether oxygens (including phenoxy) is 1. The summed E-state index contributed by atoms with van der Waals surface area (Å²) in [6.45, 7) is 6.88. The van der Waals surface area contributed by atoms with Crippen LogP contribution in [0.2, 0.25) is 0 Å². The zero-order chi connectivity index (χ0) is 24.2. The minimum absolute atomic E-state index is 0.0301. The van der Waals surface area contributed by atoms with Crippen LogP contribution in [0.5, 0.6) is 0 Å². The van der Waals surface area contributed by atoms with Crippen LogP contribution in [0, 0.1) is 0 Å². The third-order valence-corrected chi connectivity index (χ3v) is 6.55. The second kappa shape index (κ2) is 27.6. The summed E-state index contributed by atoms with van der Waals surface area (Å²) in [5.41, 5.74) is 0. The Labute approximate surface area is 207 Å². The van der Waals surface area contributed by atoms with Crippen molar-refractivity contribution < 1.29 is 14.6 Å². The van der Waals surface area contributed by atoms with Gasteiger partial charge in [-0.2, -0.15) is 0 Å². The number of hydrogen-bond donors (Lipinski definition) is 2. The molecule has 4 nitrogen and oxygen atoms in total. The molecule has 0 aliphatic heterocycles. The third kappa shape index (κ3) is 25.8. The largest absolute Gasteiger partial charge is 0.462 e. The van der Waals surface area contributed by atoms with Crippen LogP contribution in [0.25, 0.3) is 0 Å². The van der Waals surface area contributed by atoms with Crippen molar-refractivity contribution in [2.24, 2.45) is 0 Å². The highest BCUT2D eigenvalue weighted by Crippen LogP contribution is 2.18. The van der Waals surface area contributed by atoms with Gasteiger partial charge in [-0.3, -0.25) is 4.79 Å². The summed E-state index contributed by atoms with van der Waals surface area (Å²) < 4.78 is 5.93. The van der Waals surface area contributed by atoms with Gasteiger partial charge in [0, 0.05) is 13.0 Å². The van der Waals surface area contributed by atoms with Crippen LogP contribution >= 0.6 is 0 Å². The summed E-state index contributed by atoms with van der Waals surface area (Å²) in [7, 11) is 0. The van der Waals surface area contributed by atoms with Crippen molar-refractivity contribution in [2.45, 2.75) is 161 Å². The first-order valence-electron chi connectivity index (χ1n) is 14.8. The lowest BCUT2D eigenvalue weighted by molar-refractivity contribution is -0.150. The smallest absolute Gasteiger partial charge is 0.306 e. The van der Waals surface area contributed by atoms with Crippen LogP contribution in [0.1, 0.15) is 155 Å². The molecule has 198 valence electrons. The number of rotatable bonds is 27. The van der Waals surface area contributed by atoms with Crippen molar-refractivity contribution in [3.8, 4) is 0 Å². The van der Waals surface area contributed by atoms with Crippen LogP contribution in [-0.4, -0.2) is 36.9 Å². The molecule has 0 aliphatic carbocycles. The lowest BCUT2D eigenvalue weighted by atomic mass is 10.0. The normalized spacial score (nSPS) is 11.4. The van der Waals surface area contributed by atoms with Gasteiger partial charge in [0.25, 0.3) is 0 Å². The van der Waals surface area contributed by atoms with E-state index in [9.17, 15) is 4.79 Å². The molecule has 0 saturated heterocycles. The van der Waals surface area contributed by atoms with Gasteiger partial charge >= 0.3 is 5.97 Å². The van der Waals surface area contributed by atoms with Crippen LogP contribution in [0.3, 0.4) is 0 Å². The van der Waals surface area contributed by atoms with E-state index in [1.54, 1.807) is 0 Å². The van der Waals surface area contributed by atoms with E-state index in [-0.39, 0.29) is 12.1 Å². The minimum Gasteiger partial charge on any atom is -0.462 e. The van der Waals surface area contributed by atoms with Gasteiger partial charge in [-0.25, -0.2) is 0 Å². The monoisotopic (exact) mass is 469 g/mol. The number of aliphatic hydroxyl groups excluding tert-OH is 1. The van der Waals surface area contributed by atoms with Gasteiger partial charge in [0.1, 0.15) is 6.10 Å². The van der Waals surface area contributed by atoms with E-state index < -0.39 is 0 Å². The van der Waals surface area contributed by atoms with Crippen LogP contribution in [0.15, 0.2) is 0 Å². The van der Waals surface area contributed by atoms with Gasteiger partial charge in [0.05, 0.1) is 0 Å². The Bertz CT molecular complexity index is 373. The second-order valence-electron chi connectivity index (χ2n) is 9.92. The number of esters is 1. The van der Waals surface area contributed by atoms with Gasteiger partial charge in [-0.05, 0) is 64.5 Å². The maximum absolute atomic E-state index is 12.4. The summed E-state index contributed by atoms with van der Waals surface area (Å²) >= 11 is 0. The minimum atomic E-state index is 0.0301. The molecule has 0 rings (SSSR count). The number of nitrogens with one attached hydrogen (secondary N) is 1. The van der Waals surface area contributed by atoms with E-state index in [0.29, 0.717) is 13.0 Å². The van der Waals surface area contributed by atoms with E-state index in [4.69, 9.17) is 9.84 Å². The molecule has 0 spiro atoms. The van der Waals surface area contributed by atoms with E-state index >= 15 is 0 Å². The quantitative estimate of drug-likeness (QED) is 0.0942. The Kier molecular flexibility index (Phi) is 27.1. The Balaban J connectivity index is 3.89. The predicted octanol–water partition coefficient (Wildman–Crippen LogP) is 8.10. The van der Waals surface area contributed by atoms with Crippen molar-refractivity contribution in [3.05, 3.63) is 0 Å². The molecule has 0 unspecified atom stereocenters. The highest BCUT2D eigenvalue weighted by molar-refractivity contribution is 5.69. The van der Waals surface area contributed by atoms with Gasteiger partial charge in [-0.1, -0.05) is 97.3 Å². The SMILES string of the molecule is CCCCCCCCC(CCCCCCCC)OC(=O)CCCCCCCNCCCCO. The number of hydrogen-bond acceptors (Lipinski definition) is 4. The van der Waals surface area contributed by atoms with Gasteiger partial charge in [0.2, 0.25) is 0 Å². The van der Waals surface area contributed by atoms with Crippen LogP contribution in [-0.2, 0) is 9.53 Å². The van der Waals surface area contributed by atoms with E-state index in [2.05, 4.69) is 19.2 Å². The fourth-order valence-corrected chi connectivity index (χ4v) is 4.35. The fraction of sp³-hybridized carbons (Fsp3) is 0.966. The maximum Gasteiger partial charge on any atom is 0.306 e. The molecule has 4 heteroatoms. The highest BCUT2D eigenvalue weighted by Gasteiger charge is 2.14. The topological polar surface area (TPSA) is 58.6 Å². The molecule has 0 atom stereocenters. The lowest BCUT2D eigenvalue weighted by Crippen LogP contribution is -2.18. The Morgan fingerprint density at radius 2 is 1.09 bits per heavy atom. The van der Waals surface area contributed by atoms with Crippen molar-refractivity contribution in [1.82, 2.24) is 5.32 Å². The fourth-order valence-electron chi connectivity index (χ4n) is 4.35. The average Bonchev–Trinajstić information content (AvgIpc) is 2.81. The number of aliphatic hydroxyl groups is 1. The molecule has 0 aliphatic rings. The summed E-state index contributed by atoms with van der Waals surface area (Å²) in [4.78, 5) is 12.4. The molecular weight excluding hydrogens is 410 g/mol. The summed E-state index contributed by atoms with van der Waals surface area (Å²) in [5, 5.41) is 12.2. The molecule has 0 radical (unpaired) electrons. The molecule has 0 aromatic carbocycles. The number of carbonyl (C=O) groups is 1. The van der Waals surface area contributed by atoms with Crippen LogP contribution < -0.4 is 5.32 Å². The summed E-state index contributed by atoms with van der Waals surface area (Å²) in [6.07, 6.45) is 26.1. The maximum atomic E-state index is 12.4. The number of unbranched alkanes of at least 4 members (excludes halogenated alkanes) is 15. The first-order valence-corrected chi connectivity index (χ1v) is 14.8. The zero-order valence-corrected chi connectivity index (χ0v) is 22.5. The Morgan fingerprint density at radius 3 is 1.64 bits per heavy atom. The van der Waals surface area contributed by atoms with Crippen molar-refractivity contribution in [1.29, 1.82) is 0 Å². The van der Waals surface area contributed by atoms with Gasteiger partial charge < -0.3 is 15.2 Å². The van der Waals surface area contributed by atoms with E-state index in [0.717, 1.165) is 51.6 Å².